The Hall–Kier alpha value is 0.0649. The molecule has 0 nitrogen and oxygen atoms in total. The first-order valence-corrected chi connectivity index (χ1v) is 4.95. The SMILES string of the molecule is [B][C@@H]1CC2(CC)CCC1[C@H]2C. The summed E-state index contributed by atoms with van der Waals surface area (Å²) in [7, 11) is 6.07. The highest BCUT2D eigenvalue weighted by atomic mass is 14.6. The molecule has 0 amide bonds. The maximum Gasteiger partial charge on any atom is 0.0703 e. The summed E-state index contributed by atoms with van der Waals surface area (Å²) in [5.41, 5.74) is 0.657. The lowest BCUT2D eigenvalue weighted by Gasteiger charge is -2.29. The largest absolute Gasteiger partial charge is 0.0738 e. The third kappa shape index (κ3) is 0.831. The fraction of sp³-hybridized carbons (Fsp3) is 1.00. The van der Waals surface area contributed by atoms with Crippen LogP contribution in [0, 0.1) is 17.3 Å². The van der Waals surface area contributed by atoms with Gasteiger partial charge in [-0.05, 0) is 23.7 Å². The average molecular weight is 148 g/mol. The summed E-state index contributed by atoms with van der Waals surface area (Å²) in [6.07, 6.45) is 5.49. The molecule has 2 saturated carbocycles. The summed E-state index contributed by atoms with van der Waals surface area (Å²) in [6.45, 7) is 4.74. The minimum Gasteiger partial charge on any atom is -0.0738 e. The molecule has 2 bridgehead atoms. The molecule has 2 radical (unpaired) electrons. The van der Waals surface area contributed by atoms with E-state index < -0.39 is 0 Å². The monoisotopic (exact) mass is 148 g/mol. The zero-order chi connectivity index (χ0) is 8.06. The van der Waals surface area contributed by atoms with E-state index in [2.05, 4.69) is 13.8 Å². The van der Waals surface area contributed by atoms with E-state index in [-0.39, 0.29) is 0 Å². The third-order valence-electron chi connectivity index (χ3n) is 4.48. The van der Waals surface area contributed by atoms with Crippen molar-refractivity contribution >= 4 is 7.85 Å². The zero-order valence-corrected chi connectivity index (χ0v) is 7.64. The van der Waals surface area contributed by atoms with Crippen LogP contribution < -0.4 is 0 Å². The van der Waals surface area contributed by atoms with Gasteiger partial charge in [-0.2, -0.15) is 0 Å². The second-order valence-electron chi connectivity index (χ2n) is 4.58. The molecule has 0 spiro atoms. The van der Waals surface area contributed by atoms with Crippen LogP contribution in [0.4, 0.5) is 0 Å². The van der Waals surface area contributed by atoms with Crippen LogP contribution in [0.2, 0.25) is 5.82 Å². The van der Waals surface area contributed by atoms with Crippen molar-refractivity contribution in [3.8, 4) is 0 Å². The molecule has 60 valence electrons. The van der Waals surface area contributed by atoms with E-state index in [1.807, 2.05) is 0 Å². The van der Waals surface area contributed by atoms with Gasteiger partial charge in [0.2, 0.25) is 0 Å². The van der Waals surface area contributed by atoms with Crippen molar-refractivity contribution in [2.24, 2.45) is 17.3 Å². The molecule has 0 aromatic carbocycles. The van der Waals surface area contributed by atoms with Crippen molar-refractivity contribution in [2.45, 2.75) is 45.3 Å². The van der Waals surface area contributed by atoms with Crippen LogP contribution in [0.5, 0.6) is 0 Å². The first kappa shape index (κ1) is 7.70. The molecule has 2 aliphatic carbocycles. The van der Waals surface area contributed by atoms with Gasteiger partial charge in [-0.25, -0.2) is 0 Å². The van der Waals surface area contributed by atoms with Gasteiger partial charge in [-0.15, -0.1) is 0 Å². The van der Waals surface area contributed by atoms with Crippen molar-refractivity contribution in [3.63, 3.8) is 0 Å². The third-order valence-corrected chi connectivity index (χ3v) is 4.48. The van der Waals surface area contributed by atoms with Crippen LogP contribution in [0.25, 0.3) is 0 Å². The van der Waals surface area contributed by atoms with Crippen LogP contribution in [0.15, 0.2) is 0 Å². The topological polar surface area (TPSA) is 0 Å². The molecule has 0 heterocycles. The lowest BCUT2D eigenvalue weighted by Crippen LogP contribution is -2.18. The van der Waals surface area contributed by atoms with Gasteiger partial charge >= 0.3 is 0 Å². The standard InChI is InChI=1S/C10H17B/c1-3-10-5-4-8(7(10)2)9(11)6-10/h7-9H,3-6H2,1-2H3/t7-,8?,9-,10?/m1/s1. The summed E-state index contributed by atoms with van der Waals surface area (Å²) in [4.78, 5) is 0. The Morgan fingerprint density at radius 3 is 2.55 bits per heavy atom. The molecular formula is C10H17B. The molecule has 0 aliphatic heterocycles. The van der Waals surface area contributed by atoms with Gasteiger partial charge in [0.25, 0.3) is 0 Å². The minimum absolute atomic E-state index is 0.527. The Bertz CT molecular complexity index is 166. The van der Waals surface area contributed by atoms with Gasteiger partial charge in [0.05, 0.1) is 7.85 Å². The van der Waals surface area contributed by atoms with Gasteiger partial charge in [0, 0.05) is 0 Å². The number of hydrogen-bond donors (Lipinski definition) is 0. The van der Waals surface area contributed by atoms with E-state index in [9.17, 15) is 0 Å². The second kappa shape index (κ2) is 2.28. The van der Waals surface area contributed by atoms with Crippen LogP contribution >= 0.6 is 0 Å². The molecule has 2 aliphatic rings. The van der Waals surface area contributed by atoms with E-state index in [0.29, 0.717) is 11.2 Å². The Labute approximate surface area is 71.2 Å². The predicted molar refractivity (Wildman–Crippen MR) is 48.7 cm³/mol. The zero-order valence-electron chi connectivity index (χ0n) is 7.64. The summed E-state index contributed by atoms with van der Waals surface area (Å²) in [5.74, 6) is 2.29. The molecule has 0 N–H and O–H groups in total. The number of rotatable bonds is 1. The van der Waals surface area contributed by atoms with E-state index in [0.717, 1.165) is 11.8 Å². The van der Waals surface area contributed by atoms with Gasteiger partial charge < -0.3 is 0 Å². The first-order valence-electron chi connectivity index (χ1n) is 4.95. The van der Waals surface area contributed by atoms with Crippen LogP contribution in [-0.2, 0) is 0 Å². The fourth-order valence-electron chi connectivity index (χ4n) is 3.52. The lowest BCUT2D eigenvalue weighted by atomic mass is 9.70. The lowest BCUT2D eigenvalue weighted by molar-refractivity contribution is 0.225. The molecule has 4 atom stereocenters. The summed E-state index contributed by atoms with van der Waals surface area (Å²) in [5, 5.41) is 0. The van der Waals surface area contributed by atoms with Gasteiger partial charge in [-0.1, -0.05) is 38.9 Å². The van der Waals surface area contributed by atoms with Crippen LogP contribution in [-0.4, -0.2) is 7.85 Å². The maximum atomic E-state index is 6.07. The smallest absolute Gasteiger partial charge is 0.0703 e. The Kier molecular flexibility index (Phi) is 1.59. The van der Waals surface area contributed by atoms with Gasteiger partial charge in [0.15, 0.2) is 0 Å². The van der Waals surface area contributed by atoms with Gasteiger partial charge in [-0.3, -0.25) is 0 Å². The first-order chi connectivity index (χ1) is 5.19. The number of hydrogen-bond acceptors (Lipinski definition) is 0. The molecule has 2 rings (SSSR count). The quantitative estimate of drug-likeness (QED) is 0.501. The van der Waals surface area contributed by atoms with Gasteiger partial charge in [0.1, 0.15) is 0 Å². The second-order valence-corrected chi connectivity index (χ2v) is 4.58. The predicted octanol–water partition coefficient (Wildman–Crippen LogP) is 2.79. The van der Waals surface area contributed by atoms with E-state index in [4.69, 9.17) is 7.85 Å². The molecule has 1 heteroatoms. The summed E-state index contributed by atoms with van der Waals surface area (Å²) in [6, 6.07) is 0. The van der Waals surface area contributed by atoms with Crippen molar-refractivity contribution in [2.75, 3.05) is 0 Å². The van der Waals surface area contributed by atoms with Crippen molar-refractivity contribution in [3.05, 3.63) is 0 Å². The molecule has 11 heavy (non-hydrogen) atoms. The summed E-state index contributed by atoms with van der Waals surface area (Å²) < 4.78 is 0. The van der Waals surface area contributed by atoms with E-state index in [1.54, 1.807) is 0 Å². The van der Waals surface area contributed by atoms with Crippen molar-refractivity contribution in [1.29, 1.82) is 0 Å². The maximum absolute atomic E-state index is 6.07. The van der Waals surface area contributed by atoms with E-state index >= 15 is 0 Å². The molecule has 0 aromatic heterocycles. The highest BCUT2D eigenvalue weighted by molar-refractivity contribution is 6.12. The normalized spacial score (nSPS) is 55.3. The molecule has 2 fully saturated rings. The van der Waals surface area contributed by atoms with E-state index in [1.165, 1.54) is 25.7 Å². The average Bonchev–Trinajstić information content (AvgIpc) is 2.42. The molecule has 2 unspecified atom stereocenters. The minimum atomic E-state index is 0.527. The fourth-order valence-corrected chi connectivity index (χ4v) is 3.52. The Morgan fingerprint density at radius 1 is 1.55 bits per heavy atom. The highest BCUT2D eigenvalue weighted by Crippen LogP contribution is 2.63. The van der Waals surface area contributed by atoms with Crippen LogP contribution in [0.3, 0.4) is 0 Å². The molecular weight excluding hydrogens is 131 g/mol. The van der Waals surface area contributed by atoms with Crippen molar-refractivity contribution in [1.82, 2.24) is 0 Å². The molecule has 0 aromatic rings. The summed E-state index contributed by atoms with van der Waals surface area (Å²) >= 11 is 0. The Morgan fingerprint density at radius 2 is 2.27 bits per heavy atom. The van der Waals surface area contributed by atoms with Crippen molar-refractivity contribution < 1.29 is 0 Å². The number of fused-ring (bicyclic) bond motifs is 2. The molecule has 0 saturated heterocycles. The van der Waals surface area contributed by atoms with Crippen LogP contribution in [0.1, 0.15) is 39.5 Å². The Balaban J connectivity index is 2.24. The highest BCUT2D eigenvalue weighted by Gasteiger charge is 2.52.